The fraction of sp³-hybridized carbons (Fsp3) is 0.769. The number of aromatic nitrogens is 2. The van der Waals surface area contributed by atoms with Gasteiger partial charge in [-0.25, -0.2) is 0 Å². The van der Waals surface area contributed by atoms with E-state index in [0.29, 0.717) is 17.9 Å². The van der Waals surface area contributed by atoms with E-state index >= 15 is 0 Å². The van der Waals surface area contributed by atoms with E-state index in [9.17, 15) is 5.11 Å². The minimum absolute atomic E-state index is 0.145. The molecule has 1 aliphatic carbocycles. The molecule has 3 atom stereocenters. The lowest BCUT2D eigenvalue weighted by Gasteiger charge is -2.32. The molecule has 1 saturated carbocycles. The van der Waals surface area contributed by atoms with Crippen LogP contribution in [0.4, 0.5) is 0 Å². The summed E-state index contributed by atoms with van der Waals surface area (Å²) in [6, 6.07) is 0.372. The Balaban J connectivity index is 2.15. The summed E-state index contributed by atoms with van der Waals surface area (Å²) in [6.45, 7) is 6.62. The Labute approximate surface area is 97.5 Å². The first kappa shape index (κ1) is 11.6. The molecule has 90 valence electrons. The molecule has 0 aliphatic heterocycles. The van der Waals surface area contributed by atoms with Crippen molar-refractivity contribution < 1.29 is 5.11 Å². The van der Waals surface area contributed by atoms with E-state index in [1.165, 1.54) is 5.56 Å². The van der Waals surface area contributed by atoms with Crippen molar-refractivity contribution in [3.8, 4) is 0 Å². The Morgan fingerprint density at radius 2 is 2.19 bits per heavy atom. The first-order valence-corrected chi connectivity index (χ1v) is 6.30. The van der Waals surface area contributed by atoms with Crippen molar-refractivity contribution >= 4 is 0 Å². The SMILES string of the molecule is CC(C)c1cnn(C2CC(O)CCC2C)c1. The Hall–Kier alpha value is -0.830. The first-order chi connectivity index (χ1) is 7.58. The van der Waals surface area contributed by atoms with Crippen LogP contribution in [0.1, 0.15) is 57.6 Å². The van der Waals surface area contributed by atoms with Crippen molar-refractivity contribution in [3.05, 3.63) is 18.0 Å². The highest BCUT2D eigenvalue weighted by Gasteiger charge is 2.28. The largest absolute Gasteiger partial charge is 0.393 e. The molecule has 0 bridgehead atoms. The highest BCUT2D eigenvalue weighted by molar-refractivity contribution is 5.09. The molecule has 1 fully saturated rings. The number of nitrogens with zero attached hydrogens (tertiary/aromatic N) is 2. The zero-order valence-corrected chi connectivity index (χ0v) is 10.4. The molecule has 3 nitrogen and oxygen atoms in total. The second kappa shape index (κ2) is 4.58. The standard InChI is InChI=1S/C13H22N2O/c1-9(2)11-7-14-15(8-11)13-6-12(16)5-4-10(13)3/h7-10,12-13,16H,4-6H2,1-3H3. The molecule has 16 heavy (non-hydrogen) atoms. The molecule has 3 unspecified atom stereocenters. The summed E-state index contributed by atoms with van der Waals surface area (Å²) in [7, 11) is 0. The van der Waals surface area contributed by atoms with Crippen LogP contribution in [0.25, 0.3) is 0 Å². The smallest absolute Gasteiger partial charge is 0.0569 e. The van der Waals surface area contributed by atoms with Crippen molar-refractivity contribution in [3.63, 3.8) is 0 Å². The zero-order valence-electron chi connectivity index (χ0n) is 10.4. The van der Waals surface area contributed by atoms with Gasteiger partial charge in [0.1, 0.15) is 0 Å². The molecule has 2 rings (SSSR count). The van der Waals surface area contributed by atoms with E-state index in [1.54, 1.807) is 0 Å². The average Bonchev–Trinajstić information content (AvgIpc) is 2.70. The summed E-state index contributed by atoms with van der Waals surface area (Å²) in [4.78, 5) is 0. The minimum Gasteiger partial charge on any atom is -0.393 e. The fourth-order valence-corrected chi connectivity index (χ4v) is 2.48. The minimum atomic E-state index is -0.145. The number of rotatable bonds is 2. The summed E-state index contributed by atoms with van der Waals surface area (Å²) in [6.07, 6.45) is 6.84. The molecule has 1 aliphatic rings. The molecule has 1 heterocycles. The topological polar surface area (TPSA) is 38.0 Å². The molecular weight excluding hydrogens is 200 g/mol. The van der Waals surface area contributed by atoms with Crippen LogP contribution in [0.15, 0.2) is 12.4 Å². The summed E-state index contributed by atoms with van der Waals surface area (Å²) >= 11 is 0. The lowest BCUT2D eigenvalue weighted by Crippen LogP contribution is -2.28. The maximum atomic E-state index is 9.73. The van der Waals surface area contributed by atoms with E-state index in [-0.39, 0.29) is 6.10 Å². The van der Waals surface area contributed by atoms with Gasteiger partial charge in [-0.1, -0.05) is 20.8 Å². The Bertz CT molecular complexity index is 345. The van der Waals surface area contributed by atoms with Gasteiger partial charge in [-0.05, 0) is 36.7 Å². The Morgan fingerprint density at radius 3 is 2.81 bits per heavy atom. The third-order valence-corrected chi connectivity index (χ3v) is 3.75. The molecule has 0 radical (unpaired) electrons. The summed E-state index contributed by atoms with van der Waals surface area (Å²) in [5, 5.41) is 14.2. The molecule has 1 aromatic rings. The maximum absolute atomic E-state index is 9.73. The van der Waals surface area contributed by atoms with Crippen LogP contribution in [0, 0.1) is 5.92 Å². The molecule has 0 aromatic carbocycles. The van der Waals surface area contributed by atoms with Gasteiger partial charge in [0.15, 0.2) is 0 Å². The van der Waals surface area contributed by atoms with Gasteiger partial charge in [0.25, 0.3) is 0 Å². The maximum Gasteiger partial charge on any atom is 0.0569 e. The lowest BCUT2D eigenvalue weighted by molar-refractivity contribution is 0.0735. The van der Waals surface area contributed by atoms with E-state index in [2.05, 4.69) is 36.7 Å². The number of hydrogen-bond acceptors (Lipinski definition) is 2. The molecule has 1 aromatic heterocycles. The van der Waals surface area contributed by atoms with Gasteiger partial charge in [-0.2, -0.15) is 5.10 Å². The Kier molecular flexibility index (Phi) is 3.33. The molecule has 0 saturated heterocycles. The van der Waals surface area contributed by atoms with Gasteiger partial charge >= 0.3 is 0 Å². The van der Waals surface area contributed by atoms with Crippen molar-refractivity contribution in [2.75, 3.05) is 0 Å². The normalized spacial score (nSPS) is 30.9. The molecule has 0 amide bonds. The van der Waals surface area contributed by atoms with Gasteiger partial charge in [-0.3, -0.25) is 4.68 Å². The van der Waals surface area contributed by atoms with Crippen molar-refractivity contribution in [1.29, 1.82) is 0 Å². The number of aliphatic hydroxyl groups excluding tert-OH is 1. The Morgan fingerprint density at radius 1 is 1.44 bits per heavy atom. The van der Waals surface area contributed by atoms with Crippen LogP contribution in [-0.4, -0.2) is 21.0 Å². The van der Waals surface area contributed by atoms with Crippen LogP contribution >= 0.6 is 0 Å². The predicted octanol–water partition coefficient (Wildman–Crippen LogP) is 2.73. The summed E-state index contributed by atoms with van der Waals surface area (Å²) in [5.41, 5.74) is 1.28. The quantitative estimate of drug-likeness (QED) is 0.835. The lowest BCUT2D eigenvalue weighted by atomic mass is 9.84. The highest BCUT2D eigenvalue weighted by Crippen LogP contribution is 2.33. The number of hydrogen-bond donors (Lipinski definition) is 1. The van der Waals surface area contributed by atoms with Gasteiger partial charge < -0.3 is 5.11 Å². The molecule has 3 heteroatoms. The third kappa shape index (κ3) is 2.29. The van der Waals surface area contributed by atoms with Crippen molar-refractivity contribution in [2.24, 2.45) is 5.92 Å². The first-order valence-electron chi connectivity index (χ1n) is 6.30. The number of aliphatic hydroxyl groups is 1. The van der Waals surface area contributed by atoms with Crippen molar-refractivity contribution in [2.45, 2.75) is 58.1 Å². The van der Waals surface area contributed by atoms with E-state index in [1.807, 2.05) is 6.20 Å². The van der Waals surface area contributed by atoms with Crippen LogP contribution in [0.3, 0.4) is 0 Å². The molecule has 1 N–H and O–H groups in total. The van der Waals surface area contributed by atoms with Gasteiger partial charge in [0, 0.05) is 6.20 Å². The van der Waals surface area contributed by atoms with Gasteiger partial charge in [0.05, 0.1) is 18.3 Å². The van der Waals surface area contributed by atoms with Crippen LogP contribution < -0.4 is 0 Å². The fourth-order valence-electron chi connectivity index (χ4n) is 2.48. The van der Waals surface area contributed by atoms with Crippen LogP contribution in [-0.2, 0) is 0 Å². The van der Waals surface area contributed by atoms with Gasteiger partial charge in [0.2, 0.25) is 0 Å². The van der Waals surface area contributed by atoms with E-state index < -0.39 is 0 Å². The summed E-state index contributed by atoms with van der Waals surface area (Å²) in [5.74, 6) is 1.14. The van der Waals surface area contributed by atoms with Crippen molar-refractivity contribution in [1.82, 2.24) is 9.78 Å². The second-order valence-corrected chi connectivity index (χ2v) is 5.42. The summed E-state index contributed by atoms with van der Waals surface area (Å²) < 4.78 is 2.06. The van der Waals surface area contributed by atoms with E-state index in [0.717, 1.165) is 19.3 Å². The molecule has 0 spiro atoms. The van der Waals surface area contributed by atoms with E-state index in [4.69, 9.17) is 0 Å². The van der Waals surface area contributed by atoms with Gasteiger partial charge in [-0.15, -0.1) is 0 Å². The molecular formula is C13H22N2O. The van der Waals surface area contributed by atoms with Crippen LogP contribution in [0.2, 0.25) is 0 Å². The monoisotopic (exact) mass is 222 g/mol. The van der Waals surface area contributed by atoms with Crippen LogP contribution in [0.5, 0.6) is 0 Å². The average molecular weight is 222 g/mol. The zero-order chi connectivity index (χ0) is 11.7. The highest BCUT2D eigenvalue weighted by atomic mass is 16.3. The third-order valence-electron chi connectivity index (χ3n) is 3.75. The predicted molar refractivity (Wildman–Crippen MR) is 64.4 cm³/mol. The second-order valence-electron chi connectivity index (χ2n) is 5.42.